The van der Waals surface area contributed by atoms with Crippen molar-refractivity contribution in [3.63, 3.8) is 0 Å². The van der Waals surface area contributed by atoms with Gasteiger partial charge >= 0.3 is 5.69 Å². The van der Waals surface area contributed by atoms with Crippen molar-refractivity contribution in [1.82, 2.24) is 9.55 Å². The third-order valence-corrected chi connectivity index (χ3v) is 2.35. The van der Waals surface area contributed by atoms with E-state index in [1.54, 1.807) is 6.92 Å². The SMILES string of the molecule is CCCCn1c(O)c(CC)c(=O)[nH]c1=O. The van der Waals surface area contributed by atoms with Crippen LogP contribution >= 0.6 is 0 Å². The Morgan fingerprint density at radius 3 is 2.53 bits per heavy atom. The van der Waals surface area contributed by atoms with Gasteiger partial charge in [-0.3, -0.25) is 14.3 Å². The second-order valence-corrected chi connectivity index (χ2v) is 3.42. The van der Waals surface area contributed by atoms with Crippen molar-refractivity contribution in [1.29, 1.82) is 0 Å². The summed E-state index contributed by atoms with van der Waals surface area (Å²) in [7, 11) is 0. The maximum absolute atomic E-state index is 11.4. The monoisotopic (exact) mass is 212 g/mol. The molecule has 0 unspecified atom stereocenters. The first-order valence-electron chi connectivity index (χ1n) is 5.16. The smallest absolute Gasteiger partial charge is 0.331 e. The molecule has 0 fully saturated rings. The molecule has 5 nitrogen and oxygen atoms in total. The number of unbranched alkanes of at least 4 members (excludes halogenated alkanes) is 1. The van der Waals surface area contributed by atoms with E-state index in [9.17, 15) is 14.7 Å². The van der Waals surface area contributed by atoms with Crippen molar-refractivity contribution in [2.24, 2.45) is 0 Å². The zero-order chi connectivity index (χ0) is 11.4. The largest absolute Gasteiger partial charge is 0.494 e. The minimum atomic E-state index is -0.539. The first-order chi connectivity index (χ1) is 7.11. The van der Waals surface area contributed by atoms with Gasteiger partial charge in [-0.05, 0) is 12.8 Å². The van der Waals surface area contributed by atoms with Crippen molar-refractivity contribution in [3.8, 4) is 5.88 Å². The van der Waals surface area contributed by atoms with Crippen LogP contribution in [0.3, 0.4) is 0 Å². The summed E-state index contributed by atoms with van der Waals surface area (Å²) in [6.45, 7) is 4.19. The van der Waals surface area contributed by atoms with Crippen molar-refractivity contribution < 1.29 is 5.11 Å². The van der Waals surface area contributed by atoms with Crippen LogP contribution in [0.25, 0.3) is 0 Å². The number of hydrogen-bond acceptors (Lipinski definition) is 3. The Kier molecular flexibility index (Phi) is 3.71. The second-order valence-electron chi connectivity index (χ2n) is 3.42. The van der Waals surface area contributed by atoms with Gasteiger partial charge in [-0.2, -0.15) is 0 Å². The molecule has 0 bridgehead atoms. The van der Waals surface area contributed by atoms with Crippen LogP contribution in [-0.4, -0.2) is 14.7 Å². The molecule has 0 amide bonds. The van der Waals surface area contributed by atoms with Gasteiger partial charge in [0.15, 0.2) is 0 Å². The fraction of sp³-hybridized carbons (Fsp3) is 0.600. The van der Waals surface area contributed by atoms with Crippen LogP contribution < -0.4 is 11.2 Å². The van der Waals surface area contributed by atoms with Crippen LogP contribution in [-0.2, 0) is 13.0 Å². The number of nitrogens with one attached hydrogen (secondary N) is 1. The van der Waals surface area contributed by atoms with Gasteiger partial charge in [-0.25, -0.2) is 4.79 Å². The van der Waals surface area contributed by atoms with Crippen LogP contribution in [0.15, 0.2) is 9.59 Å². The van der Waals surface area contributed by atoms with Gasteiger partial charge in [0.2, 0.25) is 5.88 Å². The summed E-state index contributed by atoms with van der Waals surface area (Å²) in [5.74, 6) is -0.195. The highest BCUT2D eigenvalue weighted by molar-refractivity contribution is 5.22. The van der Waals surface area contributed by atoms with Gasteiger partial charge < -0.3 is 5.11 Å². The lowest BCUT2D eigenvalue weighted by molar-refractivity contribution is 0.389. The number of aromatic amines is 1. The van der Waals surface area contributed by atoms with E-state index in [4.69, 9.17) is 0 Å². The summed E-state index contributed by atoms with van der Waals surface area (Å²) in [6, 6.07) is 0. The summed E-state index contributed by atoms with van der Waals surface area (Å²) in [4.78, 5) is 24.9. The Morgan fingerprint density at radius 2 is 2.00 bits per heavy atom. The van der Waals surface area contributed by atoms with Gasteiger partial charge in [0.05, 0.1) is 5.56 Å². The van der Waals surface area contributed by atoms with E-state index in [0.717, 1.165) is 12.8 Å². The molecule has 0 aliphatic heterocycles. The van der Waals surface area contributed by atoms with Crippen molar-refractivity contribution in [2.75, 3.05) is 0 Å². The van der Waals surface area contributed by atoms with Crippen LogP contribution in [0.1, 0.15) is 32.3 Å². The molecule has 0 saturated carbocycles. The molecule has 84 valence electrons. The Balaban J connectivity index is 3.26. The van der Waals surface area contributed by atoms with Crippen LogP contribution in [0.2, 0.25) is 0 Å². The molecule has 0 aliphatic rings. The second kappa shape index (κ2) is 4.82. The highest BCUT2D eigenvalue weighted by atomic mass is 16.3. The third-order valence-electron chi connectivity index (χ3n) is 2.35. The van der Waals surface area contributed by atoms with Gasteiger partial charge in [0, 0.05) is 6.54 Å². The van der Waals surface area contributed by atoms with Gasteiger partial charge in [-0.15, -0.1) is 0 Å². The van der Waals surface area contributed by atoms with E-state index >= 15 is 0 Å². The van der Waals surface area contributed by atoms with E-state index in [1.165, 1.54) is 4.57 Å². The summed E-state index contributed by atoms with van der Waals surface area (Å²) in [5, 5.41) is 9.72. The molecule has 1 heterocycles. The van der Waals surface area contributed by atoms with Crippen molar-refractivity contribution in [3.05, 3.63) is 26.4 Å². The van der Waals surface area contributed by atoms with Gasteiger partial charge in [0.25, 0.3) is 5.56 Å². The number of hydrogen-bond donors (Lipinski definition) is 2. The zero-order valence-electron chi connectivity index (χ0n) is 9.04. The fourth-order valence-corrected chi connectivity index (χ4v) is 1.44. The van der Waals surface area contributed by atoms with Crippen LogP contribution in [0, 0.1) is 0 Å². The minimum Gasteiger partial charge on any atom is -0.494 e. The van der Waals surface area contributed by atoms with Crippen molar-refractivity contribution >= 4 is 0 Å². The molecule has 0 aromatic carbocycles. The number of H-pyrrole nitrogens is 1. The minimum absolute atomic E-state index is 0.195. The molecule has 15 heavy (non-hydrogen) atoms. The Labute approximate surface area is 87.4 Å². The molecule has 1 aromatic heterocycles. The molecule has 0 atom stereocenters. The topological polar surface area (TPSA) is 75.1 Å². The fourth-order valence-electron chi connectivity index (χ4n) is 1.44. The maximum Gasteiger partial charge on any atom is 0.331 e. The highest BCUT2D eigenvalue weighted by Gasteiger charge is 2.11. The quantitative estimate of drug-likeness (QED) is 0.767. The lowest BCUT2D eigenvalue weighted by Gasteiger charge is -2.09. The molecule has 0 aliphatic carbocycles. The normalized spacial score (nSPS) is 10.5. The standard InChI is InChI=1S/C10H16N2O3/c1-3-5-6-12-9(14)7(4-2)8(13)11-10(12)15/h14H,3-6H2,1-2H3,(H,11,13,15). The Hall–Kier alpha value is -1.52. The lowest BCUT2D eigenvalue weighted by Crippen LogP contribution is -2.32. The average Bonchev–Trinajstić information content (AvgIpc) is 2.17. The molecule has 1 rings (SSSR count). The van der Waals surface area contributed by atoms with Crippen LogP contribution in [0.5, 0.6) is 5.88 Å². The maximum atomic E-state index is 11.4. The van der Waals surface area contributed by atoms with Gasteiger partial charge in [0.1, 0.15) is 0 Å². The average molecular weight is 212 g/mol. The highest BCUT2D eigenvalue weighted by Crippen LogP contribution is 2.10. The summed E-state index contributed by atoms with van der Waals surface area (Å²) >= 11 is 0. The first kappa shape index (κ1) is 11.6. The van der Waals surface area contributed by atoms with E-state index < -0.39 is 11.2 Å². The van der Waals surface area contributed by atoms with Crippen LogP contribution in [0.4, 0.5) is 0 Å². The first-order valence-corrected chi connectivity index (χ1v) is 5.16. The Morgan fingerprint density at radius 1 is 1.33 bits per heavy atom. The summed E-state index contributed by atoms with van der Waals surface area (Å²) < 4.78 is 1.21. The third kappa shape index (κ3) is 2.29. The van der Waals surface area contributed by atoms with E-state index in [2.05, 4.69) is 4.98 Å². The molecular weight excluding hydrogens is 196 g/mol. The number of aromatic nitrogens is 2. The predicted molar refractivity (Wildman–Crippen MR) is 57.3 cm³/mol. The van der Waals surface area contributed by atoms with E-state index in [1.807, 2.05) is 6.92 Å². The molecule has 5 heteroatoms. The number of nitrogens with zero attached hydrogens (tertiary/aromatic N) is 1. The Bertz CT molecular complexity index is 445. The predicted octanol–water partition coefficient (Wildman–Crippen LogP) is 0.605. The molecule has 2 N–H and O–H groups in total. The summed E-state index contributed by atoms with van der Waals surface area (Å²) in [6.07, 6.45) is 2.13. The number of rotatable bonds is 4. The summed E-state index contributed by atoms with van der Waals surface area (Å²) in [5.41, 5.74) is -0.762. The lowest BCUT2D eigenvalue weighted by atomic mass is 10.2. The van der Waals surface area contributed by atoms with E-state index in [0.29, 0.717) is 13.0 Å². The molecule has 1 aromatic rings. The molecule has 0 spiro atoms. The zero-order valence-corrected chi connectivity index (χ0v) is 9.04. The molecule has 0 radical (unpaired) electrons. The number of aromatic hydroxyl groups is 1. The van der Waals surface area contributed by atoms with E-state index in [-0.39, 0.29) is 11.4 Å². The molecular formula is C10H16N2O3. The van der Waals surface area contributed by atoms with Crippen molar-refractivity contribution in [2.45, 2.75) is 39.7 Å². The van der Waals surface area contributed by atoms with Gasteiger partial charge in [-0.1, -0.05) is 20.3 Å². The molecule has 0 saturated heterocycles.